The minimum Gasteiger partial charge on any atom is -0.465 e. The molecule has 0 fully saturated rings. The van der Waals surface area contributed by atoms with Gasteiger partial charge in [0.2, 0.25) is 0 Å². The zero-order chi connectivity index (χ0) is 20.4. The Labute approximate surface area is 165 Å². The summed E-state index contributed by atoms with van der Waals surface area (Å²) in [5, 5.41) is 0. The van der Waals surface area contributed by atoms with Crippen molar-refractivity contribution in [3.8, 4) is 0 Å². The van der Waals surface area contributed by atoms with Gasteiger partial charge in [0, 0.05) is 31.2 Å². The van der Waals surface area contributed by atoms with Crippen LogP contribution in [0.1, 0.15) is 18.1 Å². The first kappa shape index (κ1) is 19.4. The smallest absolute Gasteiger partial charge is 0.340 e. The standard InChI is InChI=1S/C23H24N2O3/c1-15-6-10-19(11-7-15)25-16(2)21(23(27)28-5)20(22(25)26)14-17-8-12-18(13-9-17)24(3)4/h6-14H,1-5H3/b20-14-. The third-order valence-electron chi connectivity index (χ3n) is 4.80. The van der Waals surface area contributed by atoms with Gasteiger partial charge >= 0.3 is 5.97 Å². The average molecular weight is 376 g/mol. The van der Waals surface area contributed by atoms with Crippen molar-refractivity contribution in [1.29, 1.82) is 0 Å². The number of allylic oxidation sites excluding steroid dienone is 1. The monoisotopic (exact) mass is 376 g/mol. The van der Waals surface area contributed by atoms with Crippen LogP contribution < -0.4 is 9.80 Å². The molecule has 2 aromatic carbocycles. The highest BCUT2D eigenvalue weighted by molar-refractivity contribution is 6.23. The molecule has 2 aromatic rings. The summed E-state index contributed by atoms with van der Waals surface area (Å²) in [5.74, 6) is -0.755. The summed E-state index contributed by atoms with van der Waals surface area (Å²) >= 11 is 0. The molecule has 0 aliphatic carbocycles. The van der Waals surface area contributed by atoms with Crippen LogP contribution in [-0.2, 0) is 14.3 Å². The van der Waals surface area contributed by atoms with Gasteiger partial charge in [0.05, 0.1) is 18.3 Å². The maximum absolute atomic E-state index is 13.2. The fourth-order valence-corrected chi connectivity index (χ4v) is 3.22. The van der Waals surface area contributed by atoms with Crippen molar-refractivity contribution in [3.63, 3.8) is 0 Å². The van der Waals surface area contributed by atoms with Crippen LogP contribution >= 0.6 is 0 Å². The molecule has 0 radical (unpaired) electrons. The average Bonchev–Trinajstić information content (AvgIpc) is 2.92. The van der Waals surface area contributed by atoms with Crippen molar-refractivity contribution in [2.45, 2.75) is 13.8 Å². The lowest BCUT2D eigenvalue weighted by Gasteiger charge is -2.18. The molecular weight excluding hydrogens is 352 g/mol. The van der Waals surface area contributed by atoms with E-state index in [1.54, 1.807) is 17.9 Å². The quantitative estimate of drug-likeness (QED) is 0.599. The predicted molar refractivity (Wildman–Crippen MR) is 112 cm³/mol. The Hall–Kier alpha value is -3.34. The van der Waals surface area contributed by atoms with Crippen LogP contribution in [0.15, 0.2) is 65.4 Å². The highest BCUT2D eigenvalue weighted by Gasteiger charge is 2.37. The molecule has 1 aliphatic heterocycles. The molecule has 1 heterocycles. The molecule has 0 unspecified atom stereocenters. The number of esters is 1. The number of aryl methyl sites for hydroxylation is 1. The van der Waals surface area contributed by atoms with Crippen molar-refractivity contribution in [3.05, 3.63) is 76.5 Å². The van der Waals surface area contributed by atoms with Crippen molar-refractivity contribution in [2.75, 3.05) is 31.0 Å². The number of amides is 1. The van der Waals surface area contributed by atoms with E-state index in [9.17, 15) is 9.59 Å². The van der Waals surface area contributed by atoms with Gasteiger partial charge in [0.25, 0.3) is 5.91 Å². The maximum atomic E-state index is 13.2. The highest BCUT2D eigenvalue weighted by Crippen LogP contribution is 2.35. The van der Waals surface area contributed by atoms with E-state index < -0.39 is 5.97 Å². The van der Waals surface area contributed by atoms with Crippen LogP contribution in [0.25, 0.3) is 6.08 Å². The largest absolute Gasteiger partial charge is 0.465 e. The lowest BCUT2D eigenvalue weighted by Crippen LogP contribution is -2.24. The summed E-state index contributed by atoms with van der Waals surface area (Å²) in [6.45, 7) is 3.75. The topological polar surface area (TPSA) is 49.9 Å². The van der Waals surface area contributed by atoms with E-state index in [-0.39, 0.29) is 5.91 Å². The lowest BCUT2D eigenvalue weighted by atomic mass is 10.0. The summed E-state index contributed by atoms with van der Waals surface area (Å²) < 4.78 is 4.95. The van der Waals surface area contributed by atoms with E-state index in [1.807, 2.05) is 74.4 Å². The lowest BCUT2D eigenvalue weighted by molar-refractivity contribution is -0.136. The second kappa shape index (κ2) is 7.72. The van der Waals surface area contributed by atoms with E-state index >= 15 is 0 Å². The zero-order valence-corrected chi connectivity index (χ0v) is 16.8. The Balaban J connectivity index is 2.07. The summed E-state index contributed by atoms with van der Waals surface area (Å²) in [6.07, 6.45) is 1.74. The van der Waals surface area contributed by atoms with Crippen molar-refractivity contribution in [2.24, 2.45) is 0 Å². The number of carbonyl (C=O) groups excluding carboxylic acids is 2. The fraction of sp³-hybridized carbons (Fsp3) is 0.217. The van der Waals surface area contributed by atoms with Crippen molar-refractivity contribution < 1.29 is 14.3 Å². The number of anilines is 2. The predicted octanol–water partition coefficient (Wildman–Crippen LogP) is 3.94. The van der Waals surface area contributed by atoms with Crippen LogP contribution in [0.2, 0.25) is 0 Å². The minimum absolute atomic E-state index is 0.238. The summed E-state index contributed by atoms with van der Waals surface area (Å²) in [7, 11) is 5.26. The first-order chi connectivity index (χ1) is 13.3. The van der Waals surface area contributed by atoms with Gasteiger partial charge in [0.1, 0.15) is 0 Å². The SMILES string of the molecule is COC(=O)C1=C(C)N(c2ccc(C)cc2)C(=O)/C1=C\c1ccc(N(C)C)cc1. The van der Waals surface area contributed by atoms with Crippen LogP contribution in [0.4, 0.5) is 11.4 Å². The fourth-order valence-electron chi connectivity index (χ4n) is 3.22. The Morgan fingerprint density at radius 3 is 2.14 bits per heavy atom. The number of hydrogen-bond acceptors (Lipinski definition) is 4. The number of carbonyl (C=O) groups is 2. The first-order valence-electron chi connectivity index (χ1n) is 9.03. The number of nitrogens with zero attached hydrogens (tertiary/aromatic N) is 2. The third-order valence-corrected chi connectivity index (χ3v) is 4.80. The molecule has 0 saturated heterocycles. The van der Waals surface area contributed by atoms with Crippen LogP contribution in [0.5, 0.6) is 0 Å². The van der Waals surface area contributed by atoms with Crippen LogP contribution in [0, 0.1) is 6.92 Å². The van der Waals surface area contributed by atoms with Gasteiger partial charge in [-0.1, -0.05) is 29.8 Å². The molecule has 0 saturated carbocycles. The number of ether oxygens (including phenoxy) is 1. The minimum atomic E-state index is -0.517. The summed E-state index contributed by atoms with van der Waals surface area (Å²) in [4.78, 5) is 29.2. The second-order valence-electron chi connectivity index (χ2n) is 6.97. The number of benzene rings is 2. The molecule has 0 aromatic heterocycles. The van der Waals surface area contributed by atoms with Gasteiger partial charge in [0.15, 0.2) is 0 Å². The molecule has 28 heavy (non-hydrogen) atoms. The molecule has 5 nitrogen and oxygen atoms in total. The van der Waals surface area contributed by atoms with Gasteiger partial charge in [-0.15, -0.1) is 0 Å². The number of rotatable bonds is 4. The first-order valence-corrected chi connectivity index (χ1v) is 9.03. The Kier molecular flexibility index (Phi) is 5.36. The van der Waals surface area contributed by atoms with Gasteiger partial charge in [-0.2, -0.15) is 0 Å². The van der Waals surface area contributed by atoms with E-state index in [0.717, 1.165) is 22.5 Å². The van der Waals surface area contributed by atoms with Gasteiger partial charge in [-0.25, -0.2) is 4.79 Å². The Morgan fingerprint density at radius 2 is 1.61 bits per heavy atom. The normalized spacial score (nSPS) is 15.4. The van der Waals surface area contributed by atoms with Crippen LogP contribution in [0.3, 0.4) is 0 Å². The molecule has 0 atom stereocenters. The zero-order valence-electron chi connectivity index (χ0n) is 16.8. The van der Waals surface area contributed by atoms with Crippen molar-refractivity contribution in [1.82, 2.24) is 0 Å². The molecule has 0 spiro atoms. The molecule has 0 bridgehead atoms. The second-order valence-corrected chi connectivity index (χ2v) is 6.97. The Bertz CT molecular complexity index is 968. The molecule has 0 N–H and O–H groups in total. The van der Waals surface area contributed by atoms with Gasteiger partial charge < -0.3 is 9.64 Å². The van der Waals surface area contributed by atoms with E-state index in [2.05, 4.69) is 0 Å². The summed E-state index contributed by atoms with van der Waals surface area (Å²) in [5.41, 5.74) is 4.92. The molecule has 144 valence electrons. The molecular formula is C23H24N2O3. The van der Waals surface area contributed by atoms with Crippen molar-refractivity contribution >= 4 is 29.3 Å². The Morgan fingerprint density at radius 1 is 1.00 bits per heavy atom. The molecule has 1 amide bonds. The van der Waals surface area contributed by atoms with Crippen LogP contribution in [-0.4, -0.2) is 33.1 Å². The van der Waals surface area contributed by atoms with E-state index in [0.29, 0.717) is 16.8 Å². The number of methoxy groups -OCH3 is 1. The molecule has 3 rings (SSSR count). The molecule has 1 aliphatic rings. The summed E-state index contributed by atoms with van der Waals surface area (Å²) in [6, 6.07) is 15.4. The highest BCUT2D eigenvalue weighted by atomic mass is 16.5. The maximum Gasteiger partial charge on any atom is 0.340 e. The number of hydrogen-bond donors (Lipinski definition) is 0. The van der Waals surface area contributed by atoms with Gasteiger partial charge in [-0.05, 0) is 49.8 Å². The third kappa shape index (κ3) is 3.56. The van der Waals surface area contributed by atoms with Gasteiger partial charge in [-0.3, -0.25) is 9.69 Å². The van der Waals surface area contributed by atoms with E-state index in [4.69, 9.17) is 4.74 Å². The molecule has 5 heteroatoms. The van der Waals surface area contributed by atoms with E-state index in [1.165, 1.54) is 7.11 Å².